The SMILES string of the molecule is O=C(COc1ccc(/C=N\NC(=O)CSc2ccc(Cl)cc2)cc1)NC[C@@H]1CCCO1. The Bertz CT molecular complexity index is 885. The fraction of sp³-hybridized carbons (Fsp3) is 0.318. The van der Waals surface area contributed by atoms with Gasteiger partial charge in [0.05, 0.1) is 18.1 Å². The van der Waals surface area contributed by atoms with E-state index in [1.165, 1.54) is 11.8 Å². The van der Waals surface area contributed by atoms with Crippen LogP contribution in [0.15, 0.2) is 58.5 Å². The molecule has 0 radical (unpaired) electrons. The van der Waals surface area contributed by atoms with Crippen LogP contribution in [0.5, 0.6) is 5.75 Å². The Labute approximate surface area is 190 Å². The van der Waals surface area contributed by atoms with Crippen molar-refractivity contribution < 1.29 is 19.1 Å². The first-order valence-electron chi connectivity index (χ1n) is 9.90. The molecule has 7 nitrogen and oxygen atoms in total. The van der Waals surface area contributed by atoms with Crippen LogP contribution in [0.4, 0.5) is 0 Å². The van der Waals surface area contributed by atoms with Crippen molar-refractivity contribution in [2.45, 2.75) is 23.8 Å². The summed E-state index contributed by atoms with van der Waals surface area (Å²) in [6.45, 7) is 1.22. The number of nitrogens with zero attached hydrogens (tertiary/aromatic N) is 1. The minimum atomic E-state index is -0.204. The fourth-order valence-corrected chi connectivity index (χ4v) is 3.59. The summed E-state index contributed by atoms with van der Waals surface area (Å²) in [5.74, 6) is 0.444. The Morgan fingerprint density at radius 2 is 1.94 bits per heavy atom. The molecule has 9 heteroatoms. The Morgan fingerprint density at radius 1 is 1.16 bits per heavy atom. The van der Waals surface area contributed by atoms with Crippen molar-refractivity contribution in [2.24, 2.45) is 5.10 Å². The molecule has 1 atom stereocenters. The Kier molecular flexibility index (Phi) is 9.20. The van der Waals surface area contributed by atoms with Crippen LogP contribution in [-0.2, 0) is 14.3 Å². The maximum atomic E-state index is 11.9. The quantitative estimate of drug-likeness (QED) is 0.322. The van der Waals surface area contributed by atoms with E-state index in [2.05, 4.69) is 15.8 Å². The molecule has 1 fully saturated rings. The molecule has 2 amide bonds. The lowest BCUT2D eigenvalue weighted by molar-refractivity contribution is -0.123. The van der Waals surface area contributed by atoms with Gasteiger partial charge in [-0.25, -0.2) is 5.43 Å². The summed E-state index contributed by atoms with van der Waals surface area (Å²) in [6.07, 6.45) is 3.67. The van der Waals surface area contributed by atoms with Crippen molar-refractivity contribution in [3.63, 3.8) is 0 Å². The molecule has 3 rings (SSSR count). The Balaban J connectivity index is 1.33. The van der Waals surface area contributed by atoms with Crippen LogP contribution in [0.25, 0.3) is 0 Å². The number of nitrogens with one attached hydrogen (secondary N) is 2. The second kappa shape index (κ2) is 12.3. The van der Waals surface area contributed by atoms with E-state index >= 15 is 0 Å². The van der Waals surface area contributed by atoms with Gasteiger partial charge in [-0.1, -0.05) is 11.6 Å². The van der Waals surface area contributed by atoms with Gasteiger partial charge in [0.1, 0.15) is 5.75 Å². The number of ether oxygens (including phenoxy) is 2. The fourth-order valence-electron chi connectivity index (χ4n) is 2.77. The molecule has 2 aromatic carbocycles. The van der Waals surface area contributed by atoms with Crippen LogP contribution >= 0.6 is 23.4 Å². The number of halogens is 1. The second-order valence-electron chi connectivity index (χ2n) is 6.83. The van der Waals surface area contributed by atoms with Gasteiger partial charge in [0.25, 0.3) is 5.91 Å². The summed E-state index contributed by atoms with van der Waals surface area (Å²) < 4.78 is 10.9. The maximum Gasteiger partial charge on any atom is 0.258 e. The third-order valence-corrected chi connectivity index (χ3v) is 5.65. The number of hydrogen-bond acceptors (Lipinski definition) is 6. The zero-order chi connectivity index (χ0) is 21.9. The average molecular weight is 462 g/mol. The monoisotopic (exact) mass is 461 g/mol. The zero-order valence-corrected chi connectivity index (χ0v) is 18.5. The zero-order valence-electron chi connectivity index (χ0n) is 16.9. The number of rotatable bonds is 10. The molecule has 31 heavy (non-hydrogen) atoms. The van der Waals surface area contributed by atoms with Crippen molar-refractivity contribution >= 4 is 41.4 Å². The molecule has 0 aliphatic carbocycles. The smallest absolute Gasteiger partial charge is 0.258 e. The lowest BCUT2D eigenvalue weighted by atomic mass is 10.2. The largest absolute Gasteiger partial charge is 0.484 e. The number of hydrazone groups is 1. The lowest BCUT2D eigenvalue weighted by Crippen LogP contribution is -2.35. The molecular weight excluding hydrogens is 438 g/mol. The molecule has 0 unspecified atom stereocenters. The first-order valence-corrected chi connectivity index (χ1v) is 11.3. The highest BCUT2D eigenvalue weighted by Gasteiger charge is 2.16. The molecule has 1 saturated heterocycles. The summed E-state index contributed by atoms with van der Waals surface area (Å²) in [7, 11) is 0. The standard InChI is InChI=1S/C22H24ClN3O4S/c23-17-5-9-20(10-6-17)31-15-22(28)26-25-12-16-3-7-18(8-4-16)30-14-21(27)24-13-19-2-1-11-29-19/h3-10,12,19H,1-2,11,13-15H2,(H,24,27)(H,26,28)/b25-12-/t19-/m0/s1. The van der Waals surface area contributed by atoms with Crippen molar-refractivity contribution in [1.29, 1.82) is 0 Å². The number of benzene rings is 2. The van der Waals surface area contributed by atoms with E-state index in [1.807, 2.05) is 12.1 Å². The first kappa shape index (κ1) is 23.1. The summed E-state index contributed by atoms with van der Waals surface area (Å²) in [6, 6.07) is 14.4. The van der Waals surface area contributed by atoms with Gasteiger partial charge in [-0.15, -0.1) is 11.8 Å². The van der Waals surface area contributed by atoms with Crippen LogP contribution in [0.3, 0.4) is 0 Å². The molecule has 0 aromatic heterocycles. The highest BCUT2D eigenvalue weighted by atomic mass is 35.5. The molecular formula is C22H24ClN3O4S. The van der Waals surface area contributed by atoms with Gasteiger partial charge in [-0.3, -0.25) is 9.59 Å². The molecule has 0 bridgehead atoms. The second-order valence-corrected chi connectivity index (χ2v) is 8.32. The number of hydrogen-bond donors (Lipinski definition) is 2. The van der Waals surface area contributed by atoms with E-state index in [0.29, 0.717) is 17.3 Å². The van der Waals surface area contributed by atoms with Gasteiger partial charge in [-0.2, -0.15) is 5.10 Å². The van der Waals surface area contributed by atoms with Crippen LogP contribution in [0.1, 0.15) is 18.4 Å². The average Bonchev–Trinajstić information content (AvgIpc) is 3.30. The van der Waals surface area contributed by atoms with Gasteiger partial charge in [0.2, 0.25) is 5.91 Å². The number of amides is 2. The van der Waals surface area contributed by atoms with E-state index in [0.717, 1.165) is 29.9 Å². The van der Waals surface area contributed by atoms with E-state index in [4.69, 9.17) is 21.1 Å². The van der Waals surface area contributed by atoms with Crippen LogP contribution in [-0.4, -0.2) is 49.6 Å². The molecule has 1 aliphatic rings. The normalized spacial score (nSPS) is 15.7. The molecule has 0 spiro atoms. The van der Waals surface area contributed by atoms with Crippen LogP contribution in [0.2, 0.25) is 5.02 Å². The highest BCUT2D eigenvalue weighted by Crippen LogP contribution is 2.20. The lowest BCUT2D eigenvalue weighted by Gasteiger charge is -2.11. The summed E-state index contributed by atoms with van der Waals surface area (Å²) in [5.41, 5.74) is 3.29. The predicted octanol–water partition coefficient (Wildman–Crippen LogP) is 3.26. The number of thioether (sulfide) groups is 1. The van der Waals surface area contributed by atoms with Gasteiger partial charge < -0.3 is 14.8 Å². The summed E-state index contributed by atoms with van der Waals surface area (Å²) >= 11 is 7.24. The van der Waals surface area contributed by atoms with Gasteiger partial charge in [-0.05, 0) is 66.9 Å². The van der Waals surface area contributed by atoms with Crippen molar-refractivity contribution in [1.82, 2.24) is 10.7 Å². The topological polar surface area (TPSA) is 89.0 Å². The molecule has 0 saturated carbocycles. The van der Waals surface area contributed by atoms with Crippen LogP contribution in [0, 0.1) is 0 Å². The molecule has 1 aliphatic heterocycles. The highest BCUT2D eigenvalue weighted by molar-refractivity contribution is 8.00. The first-order chi connectivity index (χ1) is 15.1. The Morgan fingerprint density at radius 3 is 2.65 bits per heavy atom. The minimum Gasteiger partial charge on any atom is -0.484 e. The van der Waals surface area contributed by atoms with Crippen molar-refractivity contribution in [2.75, 3.05) is 25.5 Å². The van der Waals surface area contributed by atoms with Gasteiger partial charge >= 0.3 is 0 Å². The molecule has 1 heterocycles. The minimum absolute atomic E-state index is 0.0541. The van der Waals surface area contributed by atoms with Gasteiger partial charge in [0, 0.05) is 23.1 Å². The predicted molar refractivity (Wildman–Crippen MR) is 122 cm³/mol. The van der Waals surface area contributed by atoms with Gasteiger partial charge in [0.15, 0.2) is 6.61 Å². The molecule has 2 N–H and O–H groups in total. The van der Waals surface area contributed by atoms with E-state index < -0.39 is 0 Å². The van der Waals surface area contributed by atoms with E-state index in [9.17, 15) is 9.59 Å². The molecule has 164 valence electrons. The Hall–Kier alpha value is -2.55. The van der Waals surface area contributed by atoms with Crippen LogP contribution < -0.4 is 15.5 Å². The van der Waals surface area contributed by atoms with Crippen molar-refractivity contribution in [3.05, 3.63) is 59.1 Å². The number of carbonyl (C=O) groups excluding carboxylic acids is 2. The third kappa shape index (κ3) is 8.61. The summed E-state index contributed by atoms with van der Waals surface area (Å²) in [4.78, 5) is 24.7. The summed E-state index contributed by atoms with van der Waals surface area (Å²) in [5, 5.41) is 7.43. The van der Waals surface area contributed by atoms with E-state index in [1.54, 1.807) is 42.6 Å². The number of carbonyl (C=O) groups is 2. The van der Waals surface area contributed by atoms with Crippen molar-refractivity contribution in [3.8, 4) is 5.75 Å². The van der Waals surface area contributed by atoms with E-state index in [-0.39, 0.29) is 30.3 Å². The molecule has 2 aromatic rings. The maximum absolute atomic E-state index is 11.9. The third-order valence-electron chi connectivity index (χ3n) is 4.39.